The van der Waals surface area contributed by atoms with E-state index >= 15 is 0 Å². The first-order chi connectivity index (χ1) is 9.81. The Balaban J connectivity index is 1.62. The van der Waals surface area contributed by atoms with Crippen LogP contribution in [0.4, 0.5) is 5.82 Å². The average Bonchev–Trinajstić information content (AvgIpc) is 2.51. The van der Waals surface area contributed by atoms with Crippen molar-refractivity contribution in [2.75, 3.05) is 31.2 Å². The van der Waals surface area contributed by atoms with Crippen LogP contribution in [0.1, 0.15) is 25.7 Å². The van der Waals surface area contributed by atoms with Gasteiger partial charge in [0.05, 0.1) is 13.2 Å². The summed E-state index contributed by atoms with van der Waals surface area (Å²) in [5, 5.41) is 0. The highest BCUT2D eigenvalue weighted by Crippen LogP contribution is 2.22. The van der Waals surface area contributed by atoms with Crippen LogP contribution in [0.25, 0.3) is 0 Å². The maximum Gasteiger partial charge on any atom is 0.318 e. The Morgan fingerprint density at radius 1 is 1.20 bits per heavy atom. The Morgan fingerprint density at radius 2 is 1.95 bits per heavy atom. The van der Waals surface area contributed by atoms with Crippen molar-refractivity contribution >= 4 is 5.82 Å². The number of hydrogen-bond acceptors (Lipinski definition) is 6. The summed E-state index contributed by atoms with van der Waals surface area (Å²) in [5.41, 5.74) is 5.91. The van der Waals surface area contributed by atoms with Gasteiger partial charge in [-0.3, -0.25) is 0 Å². The first-order valence-corrected chi connectivity index (χ1v) is 7.39. The lowest BCUT2D eigenvalue weighted by atomic mass is 9.94. The Labute approximate surface area is 119 Å². The molecule has 6 heteroatoms. The van der Waals surface area contributed by atoms with Crippen molar-refractivity contribution in [1.82, 2.24) is 9.97 Å². The summed E-state index contributed by atoms with van der Waals surface area (Å²) in [6, 6.07) is 2.74. The van der Waals surface area contributed by atoms with Gasteiger partial charge in [0.1, 0.15) is 11.9 Å². The summed E-state index contributed by atoms with van der Waals surface area (Å²) in [5.74, 6) is 0.922. The highest BCUT2D eigenvalue weighted by Gasteiger charge is 2.21. The van der Waals surface area contributed by atoms with Gasteiger partial charge in [-0.1, -0.05) is 0 Å². The van der Waals surface area contributed by atoms with Crippen LogP contribution < -0.4 is 15.4 Å². The van der Waals surface area contributed by atoms with E-state index in [0.717, 1.165) is 57.8 Å². The van der Waals surface area contributed by atoms with Gasteiger partial charge in [0.25, 0.3) is 0 Å². The third-order valence-electron chi connectivity index (χ3n) is 3.94. The van der Waals surface area contributed by atoms with Crippen LogP contribution in [0, 0.1) is 0 Å². The Bertz CT molecular complexity index is 429. The number of anilines is 1. The first kappa shape index (κ1) is 13.6. The number of ether oxygens (including phenoxy) is 2. The lowest BCUT2D eigenvalue weighted by Gasteiger charge is -2.28. The largest absolute Gasteiger partial charge is 0.460 e. The molecule has 2 heterocycles. The molecule has 1 saturated carbocycles. The van der Waals surface area contributed by atoms with Crippen LogP contribution in [0.15, 0.2) is 12.3 Å². The molecule has 2 N–H and O–H groups in total. The van der Waals surface area contributed by atoms with E-state index in [0.29, 0.717) is 12.1 Å². The van der Waals surface area contributed by atoms with Gasteiger partial charge in [-0.25, -0.2) is 4.98 Å². The van der Waals surface area contributed by atoms with Crippen molar-refractivity contribution in [3.8, 4) is 6.01 Å². The SMILES string of the molecule is NC1CCC(Oc2nccc(N3CCOCC3)n2)CC1. The molecule has 2 aliphatic rings. The molecule has 110 valence electrons. The zero-order valence-corrected chi connectivity index (χ0v) is 11.7. The molecule has 0 spiro atoms. The number of morpholine rings is 1. The first-order valence-electron chi connectivity index (χ1n) is 7.39. The number of rotatable bonds is 3. The molecule has 1 aliphatic carbocycles. The quantitative estimate of drug-likeness (QED) is 0.888. The van der Waals surface area contributed by atoms with Gasteiger partial charge in [0, 0.05) is 25.3 Å². The number of nitrogens with two attached hydrogens (primary N) is 1. The van der Waals surface area contributed by atoms with Gasteiger partial charge < -0.3 is 20.1 Å². The van der Waals surface area contributed by atoms with E-state index in [1.165, 1.54) is 0 Å². The molecule has 0 radical (unpaired) electrons. The van der Waals surface area contributed by atoms with E-state index in [4.69, 9.17) is 15.2 Å². The number of nitrogens with zero attached hydrogens (tertiary/aromatic N) is 3. The van der Waals surface area contributed by atoms with Crippen molar-refractivity contribution in [2.45, 2.75) is 37.8 Å². The fraction of sp³-hybridized carbons (Fsp3) is 0.714. The Kier molecular flexibility index (Phi) is 4.32. The normalized spacial score (nSPS) is 27.4. The molecule has 3 rings (SSSR count). The Hall–Kier alpha value is -1.40. The highest BCUT2D eigenvalue weighted by molar-refractivity contribution is 5.38. The van der Waals surface area contributed by atoms with E-state index in [9.17, 15) is 0 Å². The minimum atomic E-state index is 0.203. The smallest absolute Gasteiger partial charge is 0.318 e. The predicted octanol–water partition coefficient (Wildman–Crippen LogP) is 0.962. The van der Waals surface area contributed by atoms with E-state index in [1.54, 1.807) is 6.20 Å². The van der Waals surface area contributed by atoms with Gasteiger partial charge >= 0.3 is 6.01 Å². The van der Waals surface area contributed by atoms with Gasteiger partial charge in [-0.15, -0.1) is 0 Å². The van der Waals surface area contributed by atoms with E-state index in [1.807, 2.05) is 6.07 Å². The lowest BCUT2D eigenvalue weighted by molar-refractivity contribution is 0.121. The summed E-state index contributed by atoms with van der Waals surface area (Å²) < 4.78 is 11.3. The van der Waals surface area contributed by atoms with E-state index in [-0.39, 0.29) is 6.10 Å². The molecule has 0 aromatic carbocycles. The summed E-state index contributed by atoms with van der Waals surface area (Å²) in [7, 11) is 0. The van der Waals surface area contributed by atoms with Crippen molar-refractivity contribution < 1.29 is 9.47 Å². The van der Waals surface area contributed by atoms with Crippen molar-refractivity contribution in [2.24, 2.45) is 5.73 Å². The Morgan fingerprint density at radius 3 is 2.70 bits per heavy atom. The molecule has 1 aromatic heterocycles. The lowest BCUT2D eigenvalue weighted by Crippen LogP contribution is -2.37. The molecule has 1 aromatic rings. The molecule has 0 amide bonds. The molecule has 1 aliphatic heterocycles. The third-order valence-corrected chi connectivity index (χ3v) is 3.94. The molecular formula is C14H22N4O2. The van der Waals surface area contributed by atoms with E-state index in [2.05, 4.69) is 14.9 Å². The van der Waals surface area contributed by atoms with Gasteiger partial charge in [0.15, 0.2) is 0 Å². The van der Waals surface area contributed by atoms with Crippen LogP contribution in [-0.2, 0) is 4.74 Å². The number of hydrogen-bond donors (Lipinski definition) is 1. The van der Waals surface area contributed by atoms with Gasteiger partial charge in [0.2, 0.25) is 0 Å². The summed E-state index contributed by atoms with van der Waals surface area (Å²) >= 11 is 0. The molecule has 0 atom stereocenters. The summed E-state index contributed by atoms with van der Waals surface area (Å²) in [6.07, 6.45) is 6.00. The van der Waals surface area contributed by atoms with Gasteiger partial charge in [-0.05, 0) is 31.7 Å². The highest BCUT2D eigenvalue weighted by atomic mass is 16.5. The molecule has 0 unspecified atom stereocenters. The van der Waals surface area contributed by atoms with Crippen molar-refractivity contribution in [3.63, 3.8) is 0 Å². The fourth-order valence-electron chi connectivity index (χ4n) is 2.71. The second-order valence-electron chi connectivity index (χ2n) is 5.45. The van der Waals surface area contributed by atoms with Crippen LogP contribution in [0.2, 0.25) is 0 Å². The molecule has 1 saturated heterocycles. The second kappa shape index (κ2) is 6.37. The molecule has 0 bridgehead atoms. The standard InChI is InChI=1S/C14H22N4O2/c15-11-1-3-12(4-2-11)20-14-16-6-5-13(17-14)18-7-9-19-10-8-18/h5-6,11-12H,1-4,7-10,15H2. The molecule has 20 heavy (non-hydrogen) atoms. The molecular weight excluding hydrogens is 256 g/mol. The van der Waals surface area contributed by atoms with Crippen LogP contribution in [0.3, 0.4) is 0 Å². The summed E-state index contributed by atoms with van der Waals surface area (Å²) in [6.45, 7) is 3.24. The average molecular weight is 278 g/mol. The van der Waals surface area contributed by atoms with Crippen LogP contribution in [-0.4, -0.2) is 48.4 Å². The molecule has 6 nitrogen and oxygen atoms in total. The monoisotopic (exact) mass is 278 g/mol. The van der Waals surface area contributed by atoms with Crippen LogP contribution >= 0.6 is 0 Å². The zero-order chi connectivity index (χ0) is 13.8. The number of aromatic nitrogens is 2. The zero-order valence-electron chi connectivity index (χ0n) is 11.7. The second-order valence-corrected chi connectivity index (χ2v) is 5.45. The van der Waals surface area contributed by atoms with Gasteiger partial charge in [-0.2, -0.15) is 4.98 Å². The maximum atomic E-state index is 5.91. The fourth-order valence-corrected chi connectivity index (χ4v) is 2.71. The van der Waals surface area contributed by atoms with E-state index < -0.39 is 0 Å². The summed E-state index contributed by atoms with van der Waals surface area (Å²) in [4.78, 5) is 10.9. The topological polar surface area (TPSA) is 73.5 Å². The van der Waals surface area contributed by atoms with Crippen molar-refractivity contribution in [1.29, 1.82) is 0 Å². The third kappa shape index (κ3) is 3.37. The minimum Gasteiger partial charge on any atom is -0.460 e. The van der Waals surface area contributed by atoms with Crippen molar-refractivity contribution in [3.05, 3.63) is 12.3 Å². The predicted molar refractivity (Wildman–Crippen MR) is 75.9 cm³/mol. The maximum absolute atomic E-state index is 5.91. The molecule has 2 fully saturated rings. The van der Waals surface area contributed by atoms with Crippen LogP contribution in [0.5, 0.6) is 6.01 Å². The minimum absolute atomic E-state index is 0.203.